The summed E-state index contributed by atoms with van der Waals surface area (Å²) >= 11 is 3.37. The van der Waals surface area contributed by atoms with E-state index < -0.39 is 17.4 Å². The number of carbonyl (C=O) groups is 2. The van der Waals surface area contributed by atoms with Gasteiger partial charge in [-0.15, -0.1) is 0 Å². The van der Waals surface area contributed by atoms with Crippen molar-refractivity contribution in [2.24, 2.45) is 0 Å². The largest absolute Gasteiger partial charge is 0.486 e. The molecule has 1 N–H and O–H groups in total. The van der Waals surface area contributed by atoms with Crippen molar-refractivity contribution in [2.45, 2.75) is 32.4 Å². The van der Waals surface area contributed by atoms with Gasteiger partial charge in [0.25, 0.3) is 5.91 Å². The number of benzene rings is 1. The van der Waals surface area contributed by atoms with Crippen LogP contribution in [0.4, 0.5) is 0 Å². The fraction of sp³-hybridized carbons (Fsp3) is 0.333. The van der Waals surface area contributed by atoms with Crippen LogP contribution in [-0.2, 0) is 16.1 Å². The maximum Gasteiger partial charge on any atom is 0.331 e. The van der Waals surface area contributed by atoms with Crippen LogP contribution in [-0.4, -0.2) is 24.5 Å². The lowest BCUT2D eigenvalue weighted by atomic mass is 9.99. The average Bonchev–Trinajstić information content (AvgIpc) is 3.08. The molecule has 0 aliphatic rings. The van der Waals surface area contributed by atoms with Gasteiger partial charge in [-0.2, -0.15) is 0 Å². The number of ether oxygens (including phenoxy) is 2. The Kier molecular flexibility index (Phi) is 6.25. The number of esters is 1. The maximum atomic E-state index is 12.3. The minimum atomic E-state index is -1.11. The van der Waals surface area contributed by atoms with E-state index in [1.54, 1.807) is 26.0 Å². The van der Waals surface area contributed by atoms with Gasteiger partial charge < -0.3 is 19.2 Å². The van der Waals surface area contributed by atoms with Crippen LogP contribution < -0.4 is 10.1 Å². The Balaban J connectivity index is 2.00. The third kappa shape index (κ3) is 4.85. The molecule has 0 aliphatic carbocycles. The Hall–Kier alpha value is -2.28. The molecule has 134 valence electrons. The van der Waals surface area contributed by atoms with Crippen molar-refractivity contribution < 1.29 is 23.5 Å². The van der Waals surface area contributed by atoms with E-state index in [0.717, 1.165) is 4.47 Å². The first kappa shape index (κ1) is 19.1. The molecule has 1 aromatic heterocycles. The minimum absolute atomic E-state index is 0.108. The van der Waals surface area contributed by atoms with E-state index in [1.807, 2.05) is 24.3 Å². The summed E-state index contributed by atoms with van der Waals surface area (Å²) in [6.07, 6.45) is 0.394. The average molecular weight is 410 g/mol. The van der Waals surface area contributed by atoms with E-state index in [0.29, 0.717) is 17.9 Å². The lowest BCUT2D eigenvalue weighted by molar-refractivity contribution is -0.147. The van der Waals surface area contributed by atoms with E-state index in [9.17, 15) is 9.59 Å². The Morgan fingerprint density at radius 1 is 1.28 bits per heavy atom. The quantitative estimate of drug-likeness (QED) is 0.705. The van der Waals surface area contributed by atoms with Crippen LogP contribution in [0.25, 0.3) is 0 Å². The fourth-order valence-electron chi connectivity index (χ4n) is 2.11. The van der Waals surface area contributed by atoms with Gasteiger partial charge in [0.1, 0.15) is 23.7 Å². The Morgan fingerprint density at radius 2 is 2.04 bits per heavy atom. The summed E-state index contributed by atoms with van der Waals surface area (Å²) in [5, 5.41) is 2.65. The molecule has 1 atom stereocenters. The molecule has 0 spiro atoms. The van der Waals surface area contributed by atoms with Gasteiger partial charge in [0.15, 0.2) is 5.76 Å². The summed E-state index contributed by atoms with van der Waals surface area (Å²) in [7, 11) is 1.28. The highest BCUT2D eigenvalue weighted by atomic mass is 79.9. The van der Waals surface area contributed by atoms with E-state index >= 15 is 0 Å². The van der Waals surface area contributed by atoms with E-state index in [-0.39, 0.29) is 12.4 Å². The smallest absolute Gasteiger partial charge is 0.331 e. The Labute approximate surface area is 154 Å². The molecule has 0 saturated carbocycles. The van der Waals surface area contributed by atoms with Crippen molar-refractivity contribution in [3.05, 3.63) is 52.4 Å². The van der Waals surface area contributed by atoms with E-state index in [2.05, 4.69) is 21.2 Å². The van der Waals surface area contributed by atoms with Crippen molar-refractivity contribution in [3.8, 4) is 5.75 Å². The molecule has 2 aromatic rings. The first-order chi connectivity index (χ1) is 11.9. The standard InChI is InChI=1S/C18H20BrNO5/c1-4-18(2,17(22)23-3)20-16(21)15-9-8-14(25-15)11-24-13-7-5-6-12(19)10-13/h5-10H,4,11H2,1-3H3,(H,20,21). The van der Waals surface area contributed by atoms with E-state index in [1.165, 1.54) is 7.11 Å². The molecule has 0 aliphatic heterocycles. The second kappa shape index (κ2) is 8.20. The van der Waals surface area contributed by atoms with Crippen LogP contribution in [0.1, 0.15) is 36.6 Å². The number of rotatable bonds is 7. The minimum Gasteiger partial charge on any atom is -0.486 e. The highest BCUT2D eigenvalue weighted by Gasteiger charge is 2.35. The second-order valence-corrected chi connectivity index (χ2v) is 6.56. The summed E-state index contributed by atoms with van der Waals surface area (Å²) in [6, 6.07) is 10.6. The van der Waals surface area contributed by atoms with Crippen LogP contribution in [0.5, 0.6) is 5.75 Å². The summed E-state index contributed by atoms with van der Waals surface area (Å²) in [5.74, 6) is 0.301. The number of carbonyl (C=O) groups excluding carboxylic acids is 2. The Bertz CT molecular complexity index is 757. The molecule has 0 radical (unpaired) electrons. The highest BCUT2D eigenvalue weighted by Crippen LogP contribution is 2.20. The third-order valence-electron chi connectivity index (χ3n) is 3.80. The normalized spacial score (nSPS) is 13.0. The van der Waals surface area contributed by atoms with Gasteiger partial charge in [0.2, 0.25) is 0 Å². The summed E-state index contributed by atoms with van der Waals surface area (Å²) in [4.78, 5) is 24.1. The highest BCUT2D eigenvalue weighted by molar-refractivity contribution is 9.10. The lowest BCUT2D eigenvalue weighted by Gasteiger charge is -2.25. The second-order valence-electron chi connectivity index (χ2n) is 5.64. The van der Waals surface area contributed by atoms with Crippen LogP contribution in [0.3, 0.4) is 0 Å². The van der Waals surface area contributed by atoms with Crippen LogP contribution in [0, 0.1) is 0 Å². The van der Waals surface area contributed by atoms with Crippen molar-refractivity contribution in [2.75, 3.05) is 7.11 Å². The van der Waals surface area contributed by atoms with Crippen molar-refractivity contribution in [1.29, 1.82) is 0 Å². The first-order valence-electron chi connectivity index (χ1n) is 7.76. The molecule has 6 nitrogen and oxygen atoms in total. The van der Waals surface area contributed by atoms with Gasteiger partial charge in [-0.1, -0.05) is 28.9 Å². The molecule has 0 saturated heterocycles. The van der Waals surface area contributed by atoms with Crippen molar-refractivity contribution >= 4 is 27.8 Å². The fourth-order valence-corrected chi connectivity index (χ4v) is 2.49. The molecule has 1 heterocycles. The number of methoxy groups -OCH3 is 1. The topological polar surface area (TPSA) is 77.8 Å². The zero-order chi connectivity index (χ0) is 18.4. The van der Waals surface area contributed by atoms with Crippen LogP contribution >= 0.6 is 15.9 Å². The van der Waals surface area contributed by atoms with Gasteiger partial charge in [-0.25, -0.2) is 4.79 Å². The summed E-state index contributed by atoms with van der Waals surface area (Å²) in [6.45, 7) is 3.58. The van der Waals surface area contributed by atoms with Crippen LogP contribution in [0.15, 0.2) is 45.3 Å². The first-order valence-corrected chi connectivity index (χ1v) is 8.55. The van der Waals surface area contributed by atoms with Gasteiger partial charge >= 0.3 is 5.97 Å². The summed E-state index contributed by atoms with van der Waals surface area (Å²) < 4.78 is 16.8. The van der Waals surface area contributed by atoms with Gasteiger partial charge in [-0.3, -0.25) is 4.79 Å². The molecule has 1 unspecified atom stereocenters. The number of hydrogen-bond acceptors (Lipinski definition) is 5. The number of nitrogens with one attached hydrogen (secondary N) is 1. The maximum absolute atomic E-state index is 12.3. The number of amides is 1. The molecule has 1 amide bonds. The SMILES string of the molecule is CCC(C)(NC(=O)c1ccc(COc2cccc(Br)c2)o1)C(=O)OC. The predicted octanol–water partition coefficient (Wildman–Crippen LogP) is 3.69. The molecular weight excluding hydrogens is 390 g/mol. The number of hydrogen-bond donors (Lipinski definition) is 1. The van der Waals surface area contributed by atoms with Crippen molar-refractivity contribution in [3.63, 3.8) is 0 Å². The molecule has 2 rings (SSSR count). The van der Waals surface area contributed by atoms with Gasteiger partial charge in [-0.05, 0) is 43.7 Å². The number of halogens is 1. The molecule has 0 fully saturated rings. The molecule has 7 heteroatoms. The molecule has 25 heavy (non-hydrogen) atoms. The lowest BCUT2D eigenvalue weighted by Crippen LogP contribution is -2.52. The molecule has 1 aromatic carbocycles. The molecule has 0 bridgehead atoms. The zero-order valence-corrected chi connectivity index (χ0v) is 15.9. The van der Waals surface area contributed by atoms with E-state index in [4.69, 9.17) is 13.9 Å². The van der Waals surface area contributed by atoms with Crippen molar-refractivity contribution in [1.82, 2.24) is 5.32 Å². The van der Waals surface area contributed by atoms with Gasteiger partial charge in [0, 0.05) is 4.47 Å². The van der Waals surface area contributed by atoms with Crippen LogP contribution in [0.2, 0.25) is 0 Å². The monoisotopic (exact) mass is 409 g/mol. The number of furan rings is 1. The van der Waals surface area contributed by atoms with Gasteiger partial charge in [0.05, 0.1) is 7.11 Å². The zero-order valence-electron chi connectivity index (χ0n) is 14.3. The third-order valence-corrected chi connectivity index (χ3v) is 4.29. The summed E-state index contributed by atoms with van der Waals surface area (Å²) in [5.41, 5.74) is -1.11. The Morgan fingerprint density at radius 3 is 2.68 bits per heavy atom. The predicted molar refractivity (Wildman–Crippen MR) is 95.4 cm³/mol. The molecular formula is C18H20BrNO5.